The largest absolute Gasteiger partial charge is 0.369 e. The molecular formula is C14H21FN2S. The molecule has 1 fully saturated rings. The van der Waals surface area contributed by atoms with E-state index in [4.69, 9.17) is 5.73 Å². The molecule has 1 saturated heterocycles. The molecule has 0 saturated carbocycles. The molecular weight excluding hydrogens is 247 g/mol. The Bertz CT molecular complexity index is 420. The summed E-state index contributed by atoms with van der Waals surface area (Å²) in [5.41, 5.74) is 7.38. The van der Waals surface area contributed by atoms with Crippen LogP contribution in [-0.4, -0.2) is 30.1 Å². The molecule has 1 aromatic carbocycles. The summed E-state index contributed by atoms with van der Waals surface area (Å²) in [7, 11) is 0. The molecule has 0 amide bonds. The van der Waals surface area contributed by atoms with Gasteiger partial charge in [-0.1, -0.05) is 6.07 Å². The van der Waals surface area contributed by atoms with Crippen LogP contribution >= 0.6 is 11.8 Å². The van der Waals surface area contributed by atoms with Gasteiger partial charge in [-0.3, -0.25) is 0 Å². The molecule has 1 heterocycles. The normalized spacial score (nSPS) is 19.0. The maximum absolute atomic E-state index is 13.9. The lowest BCUT2D eigenvalue weighted by Crippen LogP contribution is -2.43. The second kappa shape index (κ2) is 5.49. The molecule has 0 aromatic heterocycles. The van der Waals surface area contributed by atoms with E-state index in [0.717, 1.165) is 30.1 Å². The predicted octanol–water partition coefficient (Wildman–Crippen LogP) is 2.66. The molecule has 2 nitrogen and oxygen atoms in total. The number of thioether (sulfide) groups is 1. The van der Waals surface area contributed by atoms with Crippen LogP contribution in [0.15, 0.2) is 18.2 Å². The Morgan fingerprint density at radius 3 is 2.89 bits per heavy atom. The number of benzene rings is 1. The van der Waals surface area contributed by atoms with Crippen molar-refractivity contribution in [2.24, 2.45) is 5.73 Å². The average molecular weight is 268 g/mol. The lowest BCUT2D eigenvalue weighted by Gasteiger charge is -2.39. The van der Waals surface area contributed by atoms with Gasteiger partial charge < -0.3 is 10.6 Å². The standard InChI is InChI=1S/C14H21FN2S/c1-14(2)10-17(8-9-18-14)13-5-3-4-12(15)11(13)6-7-16/h3-5H,6-10,16H2,1-2H3. The van der Waals surface area contributed by atoms with Crippen LogP contribution in [0, 0.1) is 5.82 Å². The molecule has 2 N–H and O–H groups in total. The number of halogens is 1. The fourth-order valence-corrected chi connectivity index (χ4v) is 3.57. The molecule has 2 rings (SSSR count). The van der Waals surface area contributed by atoms with Crippen molar-refractivity contribution in [1.29, 1.82) is 0 Å². The van der Waals surface area contributed by atoms with Crippen molar-refractivity contribution < 1.29 is 4.39 Å². The summed E-state index contributed by atoms with van der Waals surface area (Å²) in [6, 6.07) is 5.33. The Kier molecular flexibility index (Phi) is 4.17. The van der Waals surface area contributed by atoms with Gasteiger partial charge in [0.25, 0.3) is 0 Å². The summed E-state index contributed by atoms with van der Waals surface area (Å²) in [6.07, 6.45) is 0.603. The Morgan fingerprint density at radius 1 is 1.44 bits per heavy atom. The number of hydrogen-bond donors (Lipinski definition) is 1. The molecule has 18 heavy (non-hydrogen) atoms. The monoisotopic (exact) mass is 268 g/mol. The highest BCUT2D eigenvalue weighted by Gasteiger charge is 2.28. The fraction of sp³-hybridized carbons (Fsp3) is 0.571. The molecule has 0 spiro atoms. The zero-order chi connectivity index (χ0) is 13.2. The number of nitrogens with two attached hydrogens (primary N) is 1. The van der Waals surface area contributed by atoms with Crippen molar-refractivity contribution >= 4 is 17.4 Å². The van der Waals surface area contributed by atoms with Crippen molar-refractivity contribution in [3.63, 3.8) is 0 Å². The Labute approximate surface area is 113 Å². The summed E-state index contributed by atoms with van der Waals surface area (Å²) < 4.78 is 14.1. The van der Waals surface area contributed by atoms with E-state index in [1.807, 2.05) is 17.8 Å². The molecule has 0 atom stereocenters. The van der Waals surface area contributed by atoms with Gasteiger partial charge >= 0.3 is 0 Å². The van der Waals surface area contributed by atoms with Gasteiger partial charge in [-0.2, -0.15) is 11.8 Å². The van der Waals surface area contributed by atoms with Gasteiger partial charge in [-0.25, -0.2) is 4.39 Å². The SMILES string of the molecule is CC1(C)CN(c2cccc(F)c2CCN)CCS1. The lowest BCUT2D eigenvalue weighted by atomic mass is 10.1. The van der Waals surface area contributed by atoms with Gasteiger partial charge in [0.1, 0.15) is 5.82 Å². The molecule has 0 radical (unpaired) electrons. The zero-order valence-electron chi connectivity index (χ0n) is 11.1. The first-order valence-electron chi connectivity index (χ1n) is 6.40. The number of rotatable bonds is 3. The number of anilines is 1. The lowest BCUT2D eigenvalue weighted by molar-refractivity contribution is 0.601. The molecule has 0 unspecified atom stereocenters. The predicted molar refractivity (Wildman–Crippen MR) is 77.9 cm³/mol. The van der Waals surface area contributed by atoms with E-state index in [1.54, 1.807) is 6.07 Å². The van der Waals surface area contributed by atoms with E-state index < -0.39 is 0 Å². The van der Waals surface area contributed by atoms with Crippen molar-refractivity contribution in [3.8, 4) is 0 Å². The second-order valence-corrected chi connectivity index (χ2v) is 7.11. The molecule has 0 bridgehead atoms. The van der Waals surface area contributed by atoms with Crippen molar-refractivity contribution in [2.75, 3.05) is 30.3 Å². The van der Waals surface area contributed by atoms with Crippen LogP contribution in [0.1, 0.15) is 19.4 Å². The van der Waals surface area contributed by atoms with Crippen LogP contribution in [0.5, 0.6) is 0 Å². The third kappa shape index (κ3) is 2.98. The molecule has 100 valence electrons. The maximum atomic E-state index is 13.9. The number of nitrogens with zero attached hydrogens (tertiary/aromatic N) is 1. The minimum atomic E-state index is -0.131. The Hall–Kier alpha value is -0.740. The molecule has 0 aliphatic carbocycles. The summed E-state index contributed by atoms with van der Waals surface area (Å²) in [5.74, 6) is 0.958. The van der Waals surface area contributed by atoms with Crippen LogP contribution in [0.25, 0.3) is 0 Å². The summed E-state index contributed by atoms with van der Waals surface area (Å²) in [4.78, 5) is 2.30. The third-order valence-corrected chi connectivity index (χ3v) is 4.55. The first kappa shape index (κ1) is 13.7. The van der Waals surface area contributed by atoms with E-state index in [2.05, 4.69) is 18.7 Å². The van der Waals surface area contributed by atoms with Gasteiger partial charge in [-0.15, -0.1) is 0 Å². The van der Waals surface area contributed by atoms with Crippen molar-refractivity contribution in [3.05, 3.63) is 29.6 Å². The van der Waals surface area contributed by atoms with E-state index >= 15 is 0 Å². The van der Waals surface area contributed by atoms with E-state index in [0.29, 0.717) is 13.0 Å². The molecule has 1 aliphatic heterocycles. The van der Waals surface area contributed by atoms with Crippen molar-refractivity contribution in [1.82, 2.24) is 0 Å². The second-order valence-electron chi connectivity index (χ2n) is 5.31. The topological polar surface area (TPSA) is 29.3 Å². The average Bonchev–Trinajstić information content (AvgIpc) is 2.30. The summed E-state index contributed by atoms with van der Waals surface area (Å²) >= 11 is 1.98. The molecule has 4 heteroatoms. The van der Waals surface area contributed by atoms with Crippen molar-refractivity contribution in [2.45, 2.75) is 25.0 Å². The van der Waals surface area contributed by atoms with Gasteiger partial charge in [-0.05, 0) is 38.9 Å². The fourth-order valence-electron chi connectivity index (χ4n) is 2.46. The minimum Gasteiger partial charge on any atom is -0.369 e. The molecule has 1 aromatic rings. The van der Waals surface area contributed by atoms with Gasteiger partial charge in [0, 0.05) is 34.8 Å². The zero-order valence-corrected chi connectivity index (χ0v) is 11.9. The third-order valence-electron chi connectivity index (χ3n) is 3.25. The highest BCUT2D eigenvalue weighted by atomic mass is 32.2. The van der Waals surface area contributed by atoms with Crippen LogP contribution in [-0.2, 0) is 6.42 Å². The van der Waals surface area contributed by atoms with Crippen LogP contribution in [0.2, 0.25) is 0 Å². The smallest absolute Gasteiger partial charge is 0.128 e. The summed E-state index contributed by atoms with van der Waals surface area (Å²) in [5, 5.41) is 0. The van der Waals surface area contributed by atoms with Gasteiger partial charge in [0.2, 0.25) is 0 Å². The van der Waals surface area contributed by atoms with E-state index in [-0.39, 0.29) is 10.6 Å². The highest BCUT2D eigenvalue weighted by molar-refractivity contribution is 8.00. The Balaban J connectivity index is 2.29. The van der Waals surface area contributed by atoms with E-state index in [1.165, 1.54) is 6.07 Å². The van der Waals surface area contributed by atoms with Gasteiger partial charge in [0.05, 0.1) is 0 Å². The Morgan fingerprint density at radius 2 is 2.22 bits per heavy atom. The number of hydrogen-bond acceptors (Lipinski definition) is 3. The summed E-state index contributed by atoms with van der Waals surface area (Å²) in [6.45, 7) is 6.91. The van der Waals surface area contributed by atoms with Gasteiger partial charge in [0.15, 0.2) is 0 Å². The quantitative estimate of drug-likeness (QED) is 0.914. The maximum Gasteiger partial charge on any atom is 0.128 e. The van der Waals surface area contributed by atoms with Crippen LogP contribution in [0.3, 0.4) is 0 Å². The minimum absolute atomic E-state index is 0.131. The first-order valence-corrected chi connectivity index (χ1v) is 7.38. The highest BCUT2D eigenvalue weighted by Crippen LogP contribution is 2.34. The van der Waals surface area contributed by atoms with Crippen LogP contribution in [0.4, 0.5) is 10.1 Å². The van der Waals surface area contributed by atoms with E-state index in [9.17, 15) is 4.39 Å². The van der Waals surface area contributed by atoms with Crippen LogP contribution < -0.4 is 10.6 Å². The first-order chi connectivity index (χ1) is 8.53. The molecule has 1 aliphatic rings.